The fourth-order valence-electron chi connectivity index (χ4n) is 1.06. The van der Waals surface area contributed by atoms with Gasteiger partial charge in [-0.3, -0.25) is 0 Å². The van der Waals surface area contributed by atoms with E-state index in [1.807, 2.05) is 0 Å². The third-order valence-electron chi connectivity index (χ3n) is 1.80. The molecule has 0 heterocycles. The third kappa shape index (κ3) is 6.02. The fraction of sp³-hybridized carbons (Fsp3) is 0.400. The molecule has 0 unspecified atom stereocenters. The van der Waals surface area contributed by atoms with Crippen molar-refractivity contribution < 1.29 is 26.7 Å². The van der Waals surface area contributed by atoms with E-state index in [0.717, 1.165) is 12.1 Å². The molecular weight excluding hydrogens is 390 g/mol. The molecule has 1 rings (SSSR count). The molecule has 0 saturated heterocycles. The van der Waals surface area contributed by atoms with Crippen molar-refractivity contribution >= 4 is 30.9 Å². The Morgan fingerprint density at radius 1 is 1.06 bits per heavy atom. The SMILES string of the molecule is FC(F)(Br)[Se]CCOc1ccc(C(F)(F)F)cc1. The van der Waals surface area contributed by atoms with E-state index in [1.165, 1.54) is 12.1 Å². The van der Waals surface area contributed by atoms with E-state index in [1.54, 1.807) is 0 Å². The Hall–Kier alpha value is -0.331. The molecular formula is C10H8BrF5OSe. The average molecular weight is 398 g/mol. The van der Waals surface area contributed by atoms with E-state index in [9.17, 15) is 22.0 Å². The van der Waals surface area contributed by atoms with Gasteiger partial charge < -0.3 is 0 Å². The molecule has 0 aliphatic rings. The van der Waals surface area contributed by atoms with Gasteiger partial charge in [-0.15, -0.1) is 0 Å². The normalized spacial score (nSPS) is 12.6. The van der Waals surface area contributed by atoms with Gasteiger partial charge >= 0.3 is 115 Å². The van der Waals surface area contributed by atoms with Crippen LogP contribution in [0.2, 0.25) is 5.32 Å². The summed E-state index contributed by atoms with van der Waals surface area (Å²) in [6.07, 6.45) is -4.39. The van der Waals surface area contributed by atoms with Crippen molar-refractivity contribution in [3.05, 3.63) is 29.8 Å². The predicted octanol–water partition coefficient (Wildman–Crippen LogP) is 4.15. The maximum atomic E-state index is 12.4. The van der Waals surface area contributed by atoms with Gasteiger partial charge in [-0.2, -0.15) is 0 Å². The summed E-state index contributed by atoms with van der Waals surface area (Å²) < 4.78 is 63.7. The molecule has 0 aromatic heterocycles. The number of hydrogen-bond acceptors (Lipinski definition) is 1. The molecule has 0 fully saturated rings. The van der Waals surface area contributed by atoms with Crippen molar-refractivity contribution in [2.45, 2.75) is 15.2 Å². The maximum absolute atomic E-state index is 12.4. The predicted molar refractivity (Wildman–Crippen MR) is 61.4 cm³/mol. The van der Waals surface area contributed by atoms with Crippen molar-refractivity contribution in [2.24, 2.45) is 0 Å². The second-order valence-corrected chi connectivity index (χ2v) is 7.88. The Bertz CT molecular complexity index is 373. The van der Waals surface area contributed by atoms with E-state index in [2.05, 4.69) is 15.9 Å². The zero-order valence-corrected chi connectivity index (χ0v) is 12.1. The van der Waals surface area contributed by atoms with Crippen molar-refractivity contribution in [1.82, 2.24) is 0 Å². The van der Waals surface area contributed by atoms with Crippen LogP contribution in [0.3, 0.4) is 0 Å². The standard InChI is InChI=1S/C10H8BrF5OSe/c11-10(15,16)18-6-5-17-8-3-1-7(2-4-8)9(12,13)14/h1-4H,5-6H2. The minimum absolute atomic E-state index is 0.0482. The first kappa shape index (κ1) is 15.7. The van der Waals surface area contributed by atoms with Crippen LogP contribution in [0.4, 0.5) is 22.0 Å². The van der Waals surface area contributed by atoms with Crippen LogP contribution < -0.4 is 4.74 Å². The van der Waals surface area contributed by atoms with Gasteiger partial charge in [0, 0.05) is 0 Å². The molecule has 0 N–H and O–H groups in total. The topological polar surface area (TPSA) is 9.23 Å². The van der Waals surface area contributed by atoms with Crippen LogP contribution in [0.5, 0.6) is 5.75 Å². The molecule has 8 heteroatoms. The fourth-order valence-corrected chi connectivity index (χ4v) is 2.73. The number of hydrogen-bond donors (Lipinski definition) is 0. The summed E-state index contributed by atoms with van der Waals surface area (Å²) in [5.74, 6) is 0.233. The van der Waals surface area contributed by atoms with Gasteiger partial charge in [0.2, 0.25) is 0 Å². The van der Waals surface area contributed by atoms with Crippen LogP contribution in [0.15, 0.2) is 24.3 Å². The third-order valence-corrected chi connectivity index (χ3v) is 4.45. The first-order valence-electron chi connectivity index (χ1n) is 4.69. The molecule has 18 heavy (non-hydrogen) atoms. The molecule has 1 aromatic rings. The van der Waals surface area contributed by atoms with E-state index < -0.39 is 30.4 Å². The minimum atomic E-state index is -4.39. The van der Waals surface area contributed by atoms with Crippen molar-refractivity contribution in [3.8, 4) is 5.75 Å². The van der Waals surface area contributed by atoms with Gasteiger partial charge in [0.15, 0.2) is 0 Å². The quantitative estimate of drug-likeness (QED) is 0.314. The van der Waals surface area contributed by atoms with Crippen LogP contribution in [0.1, 0.15) is 5.56 Å². The van der Waals surface area contributed by atoms with Gasteiger partial charge in [0.25, 0.3) is 0 Å². The Labute approximate surface area is 115 Å². The summed E-state index contributed by atoms with van der Waals surface area (Å²) in [5, 5.41) is 0.159. The molecule has 0 atom stereocenters. The molecule has 0 aliphatic heterocycles. The summed E-state index contributed by atoms with van der Waals surface area (Å²) in [7, 11) is 0. The van der Waals surface area contributed by atoms with Crippen molar-refractivity contribution in [1.29, 1.82) is 0 Å². The molecule has 102 valence electrons. The van der Waals surface area contributed by atoms with Crippen LogP contribution in [0, 0.1) is 0 Å². The zero-order chi connectivity index (χ0) is 13.8. The molecule has 0 radical (unpaired) electrons. The average Bonchev–Trinajstić information content (AvgIpc) is 2.22. The van der Waals surface area contributed by atoms with Crippen LogP contribution in [-0.2, 0) is 6.18 Å². The zero-order valence-electron chi connectivity index (χ0n) is 8.81. The Morgan fingerprint density at radius 2 is 1.61 bits per heavy atom. The molecule has 0 bridgehead atoms. The van der Waals surface area contributed by atoms with Crippen molar-refractivity contribution in [2.75, 3.05) is 6.61 Å². The summed E-state index contributed by atoms with van der Waals surface area (Å²) in [6, 6.07) is 4.11. The summed E-state index contributed by atoms with van der Waals surface area (Å²) >= 11 is 1.26. The number of alkyl halides is 6. The van der Waals surface area contributed by atoms with E-state index in [0.29, 0.717) is 0 Å². The Balaban J connectivity index is 2.41. The van der Waals surface area contributed by atoms with Gasteiger partial charge in [-0.1, -0.05) is 0 Å². The summed E-state index contributed by atoms with van der Waals surface area (Å²) in [4.78, 5) is 0. The Morgan fingerprint density at radius 3 is 2.06 bits per heavy atom. The van der Waals surface area contributed by atoms with Crippen molar-refractivity contribution in [3.63, 3.8) is 0 Å². The molecule has 0 spiro atoms. The number of ether oxygens (including phenoxy) is 1. The number of benzene rings is 1. The Kier molecular flexibility index (Phi) is 5.43. The van der Waals surface area contributed by atoms with Crippen LogP contribution >= 0.6 is 15.9 Å². The van der Waals surface area contributed by atoms with Gasteiger partial charge in [0.05, 0.1) is 0 Å². The van der Waals surface area contributed by atoms with E-state index in [-0.39, 0.29) is 17.7 Å². The second-order valence-electron chi connectivity index (χ2n) is 3.16. The molecule has 0 aliphatic carbocycles. The van der Waals surface area contributed by atoms with Gasteiger partial charge in [0.1, 0.15) is 0 Å². The summed E-state index contributed by atoms with van der Waals surface area (Å²) in [6.45, 7) is 0.0482. The second kappa shape index (κ2) is 6.21. The first-order chi connectivity index (χ1) is 8.18. The number of rotatable bonds is 5. The van der Waals surface area contributed by atoms with Gasteiger partial charge in [-0.25, -0.2) is 0 Å². The van der Waals surface area contributed by atoms with Gasteiger partial charge in [-0.05, 0) is 0 Å². The van der Waals surface area contributed by atoms with Crippen LogP contribution in [0.25, 0.3) is 0 Å². The molecule has 0 saturated carbocycles. The molecule has 1 nitrogen and oxygen atoms in total. The number of halogens is 6. The van der Waals surface area contributed by atoms with E-state index >= 15 is 0 Å². The molecule has 0 amide bonds. The molecule has 1 aromatic carbocycles. The monoisotopic (exact) mass is 398 g/mol. The van der Waals surface area contributed by atoms with Crippen LogP contribution in [-0.4, -0.2) is 25.3 Å². The van der Waals surface area contributed by atoms with E-state index in [4.69, 9.17) is 4.74 Å². The summed E-state index contributed by atoms with van der Waals surface area (Å²) in [5.41, 5.74) is -0.772. The first-order valence-corrected chi connectivity index (χ1v) is 7.55.